The normalized spacial score (nSPS) is 19.7. The van der Waals surface area contributed by atoms with Crippen molar-refractivity contribution >= 4 is 11.4 Å². The number of aryl methyl sites for hydroxylation is 1. The first kappa shape index (κ1) is 11.2. The molecule has 86 valence electrons. The molecule has 1 aromatic heterocycles. The number of aromatic nitrogens is 1. The molecular weight excluding hydrogens is 198 g/mol. The molecule has 1 heterocycles. The van der Waals surface area contributed by atoms with E-state index in [4.69, 9.17) is 0 Å². The Morgan fingerprint density at radius 3 is 2.62 bits per heavy atom. The molecule has 1 aromatic rings. The smallest absolute Gasteiger partial charge is 0.156 e. The molecule has 1 N–H and O–H groups in total. The van der Waals surface area contributed by atoms with Gasteiger partial charge in [0.1, 0.15) is 0 Å². The molecule has 1 aliphatic carbocycles. The fourth-order valence-electron chi connectivity index (χ4n) is 2.35. The third kappa shape index (κ3) is 2.26. The van der Waals surface area contributed by atoms with Crippen LogP contribution in [0.15, 0.2) is 18.2 Å². The highest BCUT2D eigenvalue weighted by Gasteiger charge is 2.28. The van der Waals surface area contributed by atoms with Gasteiger partial charge in [0.2, 0.25) is 0 Å². The van der Waals surface area contributed by atoms with Crippen molar-refractivity contribution < 1.29 is 4.79 Å². The molecule has 0 unspecified atom stereocenters. The highest BCUT2D eigenvalue weighted by molar-refractivity contribution is 5.98. The minimum Gasteiger partial charge on any atom is -0.359 e. The Bertz CT molecular complexity index is 437. The summed E-state index contributed by atoms with van der Waals surface area (Å²) < 4.78 is 0. The molecule has 0 radical (unpaired) electrons. The van der Waals surface area contributed by atoms with Gasteiger partial charge in [-0.05, 0) is 42.0 Å². The molecule has 16 heavy (non-hydrogen) atoms. The van der Waals surface area contributed by atoms with Crippen molar-refractivity contribution in [3.8, 4) is 0 Å². The molecule has 0 fully saturated rings. The Morgan fingerprint density at radius 2 is 2.06 bits per heavy atom. The highest BCUT2D eigenvalue weighted by atomic mass is 16.1. The average Bonchev–Trinajstić information content (AvgIpc) is 2.62. The third-order valence-electron chi connectivity index (χ3n) is 3.13. The summed E-state index contributed by atoms with van der Waals surface area (Å²) in [6.07, 6.45) is 4.45. The van der Waals surface area contributed by atoms with Gasteiger partial charge in [-0.3, -0.25) is 4.79 Å². The van der Waals surface area contributed by atoms with E-state index in [1.54, 1.807) is 6.08 Å². The van der Waals surface area contributed by atoms with Crippen LogP contribution in [0.2, 0.25) is 0 Å². The number of carbonyl (C=O) groups excluding carboxylic acids is 1. The molecular formula is C14H19NO. The van der Waals surface area contributed by atoms with E-state index in [0.29, 0.717) is 6.42 Å². The molecule has 0 saturated carbocycles. The summed E-state index contributed by atoms with van der Waals surface area (Å²) in [5, 5.41) is 0. The topological polar surface area (TPSA) is 32.9 Å². The van der Waals surface area contributed by atoms with Crippen molar-refractivity contribution in [1.82, 2.24) is 4.98 Å². The summed E-state index contributed by atoms with van der Waals surface area (Å²) in [5.41, 5.74) is 3.59. The van der Waals surface area contributed by atoms with E-state index < -0.39 is 0 Å². The number of carbonyl (C=O) groups is 1. The third-order valence-corrected chi connectivity index (χ3v) is 3.13. The fraction of sp³-hybridized carbons (Fsp3) is 0.500. The second-order valence-corrected chi connectivity index (χ2v) is 5.40. The van der Waals surface area contributed by atoms with Gasteiger partial charge in [0, 0.05) is 17.8 Å². The number of H-pyrrole nitrogens is 1. The van der Waals surface area contributed by atoms with Gasteiger partial charge in [-0.1, -0.05) is 20.8 Å². The zero-order valence-electron chi connectivity index (χ0n) is 10.3. The maximum Gasteiger partial charge on any atom is 0.156 e. The van der Waals surface area contributed by atoms with Crippen LogP contribution in [0.25, 0.3) is 5.57 Å². The van der Waals surface area contributed by atoms with E-state index in [-0.39, 0.29) is 11.2 Å². The van der Waals surface area contributed by atoms with Crippen molar-refractivity contribution in [3.05, 3.63) is 29.6 Å². The van der Waals surface area contributed by atoms with Gasteiger partial charge in [0.15, 0.2) is 5.78 Å². The second kappa shape index (κ2) is 3.93. The highest BCUT2D eigenvalue weighted by Crippen LogP contribution is 2.37. The van der Waals surface area contributed by atoms with Crippen molar-refractivity contribution in [1.29, 1.82) is 0 Å². The number of hydrogen-bond acceptors (Lipinski definition) is 1. The number of aromatic amines is 1. The van der Waals surface area contributed by atoms with Crippen LogP contribution in [-0.4, -0.2) is 10.8 Å². The predicted molar refractivity (Wildman–Crippen MR) is 66.2 cm³/mol. The van der Waals surface area contributed by atoms with Crippen molar-refractivity contribution in [2.45, 2.75) is 40.0 Å². The SMILES string of the molecule is CCc1ccc(C2=CC(=O)CC(C)(C)C2)[nH]1. The Labute approximate surface area is 96.8 Å². The molecule has 2 heteroatoms. The van der Waals surface area contributed by atoms with Crippen molar-refractivity contribution in [3.63, 3.8) is 0 Å². The molecule has 1 aliphatic rings. The van der Waals surface area contributed by atoms with Gasteiger partial charge in [0.05, 0.1) is 0 Å². The largest absolute Gasteiger partial charge is 0.359 e. The van der Waals surface area contributed by atoms with Gasteiger partial charge < -0.3 is 4.98 Å². The first-order chi connectivity index (χ1) is 7.50. The Hall–Kier alpha value is -1.31. The van der Waals surface area contributed by atoms with Crippen LogP contribution in [0.1, 0.15) is 45.0 Å². The number of hydrogen-bond donors (Lipinski definition) is 1. The van der Waals surface area contributed by atoms with Crippen LogP contribution in [-0.2, 0) is 11.2 Å². The minimum atomic E-state index is 0.0959. The number of rotatable bonds is 2. The maximum absolute atomic E-state index is 11.6. The summed E-state index contributed by atoms with van der Waals surface area (Å²) in [4.78, 5) is 15.0. The first-order valence-electron chi connectivity index (χ1n) is 5.92. The van der Waals surface area contributed by atoms with Crippen LogP contribution < -0.4 is 0 Å². The Morgan fingerprint density at radius 1 is 1.31 bits per heavy atom. The summed E-state index contributed by atoms with van der Waals surface area (Å²) in [6.45, 7) is 6.43. The summed E-state index contributed by atoms with van der Waals surface area (Å²) in [7, 11) is 0. The summed E-state index contributed by atoms with van der Waals surface area (Å²) >= 11 is 0. The van der Waals surface area contributed by atoms with E-state index in [1.807, 2.05) is 0 Å². The lowest BCUT2D eigenvalue weighted by molar-refractivity contribution is -0.116. The first-order valence-corrected chi connectivity index (χ1v) is 5.92. The Kier molecular flexibility index (Phi) is 2.75. The molecule has 0 bridgehead atoms. The van der Waals surface area contributed by atoms with Crippen LogP contribution in [0.4, 0.5) is 0 Å². The van der Waals surface area contributed by atoms with Crippen molar-refractivity contribution in [2.75, 3.05) is 0 Å². The molecule has 0 atom stereocenters. The number of nitrogens with one attached hydrogen (secondary N) is 1. The molecule has 0 aromatic carbocycles. The van der Waals surface area contributed by atoms with E-state index >= 15 is 0 Å². The molecule has 2 rings (SSSR count). The summed E-state index contributed by atoms with van der Waals surface area (Å²) in [5.74, 6) is 0.249. The second-order valence-electron chi connectivity index (χ2n) is 5.40. The van der Waals surface area contributed by atoms with Gasteiger partial charge in [-0.2, -0.15) is 0 Å². The Balaban J connectivity index is 2.30. The average molecular weight is 217 g/mol. The maximum atomic E-state index is 11.6. The minimum absolute atomic E-state index is 0.0959. The summed E-state index contributed by atoms with van der Waals surface area (Å²) in [6, 6.07) is 4.18. The van der Waals surface area contributed by atoms with E-state index in [2.05, 4.69) is 37.9 Å². The van der Waals surface area contributed by atoms with E-state index in [1.165, 1.54) is 5.69 Å². The molecule has 0 amide bonds. The fourth-order valence-corrected chi connectivity index (χ4v) is 2.35. The number of allylic oxidation sites excluding steroid dienone is 2. The van der Waals surface area contributed by atoms with Crippen molar-refractivity contribution in [2.24, 2.45) is 5.41 Å². The van der Waals surface area contributed by atoms with Gasteiger partial charge in [0.25, 0.3) is 0 Å². The lowest BCUT2D eigenvalue weighted by Gasteiger charge is -2.28. The van der Waals surface area contributed by atoms with Crippen LogP contribution in [0.5, 0.6) is 0 Å². The van der Waals surface area contributed by atoms with Crippen LogP contribution >= 0.6 is 0 Å². The van der Waals surface area contributed by atoms with Gasteiger partial charge >= 0.3 is 0 Å². The molecule has 2 nitrogen and oxygen atoms in total. The van der Waals surface area contributed by atoms with Crippen LogP contribution in [0, 0.1) is 5.41 Å². The zero-order valence-corrected chi connectivity index (χ0v) is 10.3. The standard InChI is InChI=1S/C14H19NO/c1-4-11-5-6-13(15-11)10-7-12(16)9-14(2,3)8-10/h5-7,15H,4,8-9H2,1-3H3. The molecule has 0 spiro atoms. The molecule has 0 aliphatic heterocycles. The lowest BCUT2D eigenvalue weighted by Crippen LogP contribution is -2.21. The van der Waals surface area contributed by atoms with E-state index in [9.17, 15) is 4.79 Å². The quantitative estimate of drug-likeness (QED) is 0.809. The molecule has 0 saturated heterocycles. The number of ketones is 1. The lowest BCUT2D eigenvalue weighted by atomic mass is 9.76. The van der Waals surface area contributed by atoms with Gasteiger partial charge in [-0.25, -0.2) is 0 Å². The monoisotopic (exact) mass is 217 g/mol. The van der Waals surface area contributed by atoms with E-state index in [0.717, 1.165) is 24.1 Å². The van der Waals surface area contributed by atoms with Gasteiger partial charge in [-0.15, -0.1) is 0 Å². The van der Waals surface area contributed by atoms with Crippen LogP contribution in [0.3, 0.4) is 0 Å². The predicted octanol–water partition coefficient (Wildman–Crippen LogP) is 3.35. The zero-order chi connectivity index (χ0) is 11.8.